The highest BCUT2D eigenvalue weighted by molar-refractivity contribution is 9.10. The van der Waals surface area contributed by atoms with Gasteiger partial charge in [-0.3, -0.25) is 0 Å². The molecule has 4 heteroatoms. The molecular weight excluding hydrogens is 301 g/mol. The largest absolute Gasteiger partial charge is 0.327 e. The lowest BCUT2D eigenvalue weighted by atomic mass is 10.1. The van der Waals surface area contributed by atoms with Gasteiger partial charge in [0.15, 0.2) is 0 Å². The molecule has 0 fully saturated rings. The molecule has 1 nitrogen and oxygen atoms in total. The number of thioether (sulfide) groups is 1. The van der Waals surface area contributed by atoms with E-state index in [9.17, 15) is 4.39 Å². The quantitative estimate of drug-likeness (QED) is 0.908. The summed E-state index contributed by atoms with van der Waals surface area (Å²) in [6.45, 7) is 6.47. The summed E-state index contributed by atoms with van der Waals surface area (Å²) < 4.78 is 14.6. The Kier molecular flexibility index (Phi) is 5.48. The second kappa shape index (κ2) is 6.21. The first-order valence-corrected chi connectivity index (χ1v) is 7.39. The van der Waals surface area contributed by atoms with Gasteiger partial charge in [0.05, 0.1) is 0 Å². The summed E-state index contributed by atoms with van der Waals surface area (Å²) in [7, 11) is 0. The third-order valence-electron chi connectivity index (χ3n) is 2.22. The molecule has 96 valence electrons. The molecule has 0 bridgehead atoms. The maximum atomic E-state index is 13.5. The first-order chi connectivity index (χ1) is 7.78. The van der Waals surface area contributed by atoms with Crippen molar-refractivity contribution in [3.05, 3.63) is 34.1 Å². The van der Waals surface area contributed by atoms with E-state index in [1.165, 1.54) is 6.07 Å². The lowest BCUT2D eigenvalue weighted by Gasteiger charge is -2.20. The number of rotatable bonds is 4. The minimum absolute atomic E-state index is 0.0111. The molecule has 0 aromatic heterocycles. The van der Waals surface area contributed by atoms with Crippen molar-refractivity contribution in [2.45, 2.75) is 38.0 Å². The van der Waals surface area contributed by atoms with Gasteiger partial charge in [-0.2, -0.15) is 11.8 Å². The Labute approximate surface area is 115 Å². The second-order valence-corrected chi connectivity index (χ2v) is 7.89. The highest BCUT2D eigenvalue weighted by Gasteiger charge is 2.14. The second-order valence-electron chi connectivity index (χ2n) is 5.12. The SMILES string of the molecule is CC(C)(C)SCC(N)Cc1cc(Br)ccc1F. The van der Waals surface area contributed by atoms with E-state index < -0.39 is 0 Å². The van der Waals surface area contributed by atoms with Crippen molar-refractivity contribution < 1.29 is 4.39 Å². The molecule has 1 unspecified atom stereocenters. The average Bonchev–Trinajstić information content (AvgIpc) is 2.20. The molecule has 2 N–H and O–H groups in total. The molecule has 0 radical (unpaired) electrons. The number of nitrogens with two attached hydrogens (primary N) is 1. The predicted molar refractivity (Wildman–Crippen MR) is 78.0 cm³/mol. The van der Waals surface area contributed by atoms with E-state index in [2.05, 4.69) is 36.7 Å². The van der Waals surface area contributed by atoms with Crippen LogP contribution < -0.4 is 5.73 Å². The third kappa shape index (κ3) is 5.89. The Balaban J connectivity index is 2.56. The molecule has 0 aliphatic heterocycles. The van der Waals surface area contributed by atoms with Crippen molar-refractivity contribution in [1.29, 1.82) is 0 Å². The van der Waals surface area contributed by atoms with E-state index in [0.717, 1.165) is 10.2 Å². The van der Waals surface area contributed by atoms with Crippen molar-refractivity contribution in [2.24, 2.45) is 5.73 Å². The van der Waals surface area contributed by atoms with Gasteiger partial charge in [-0.05, 0) is 30.2 Å². The fourth-order valence-corrected chi connectivity index (χ4v) is 2.64. The van der Waals surface area contributed by atoms with Gasteiger partial charge in [0, 0.05) is 21.0 Å². The van der Waals surface area contributed by atoms with Crippen molar-refractivity contribution in [1.82, 2.24) is 0 Å². The van der Waals surface area contributed by atoms with Gasteiger partial charge in [-0.15, -0.1) is 0 Å². The van der Waals surface area contributed by atoms with Gasteiger partial charge in [-0.1, -0.05) is 36.7 Å². The zero-order chi connectivity index (χ0) is 13.1. The van der Waals surface area contributed by atoms with Crippen LogP contribution in [0.3, 0.4) is 0 Å². The van der Waals surface area contributed by atoms with Crippen molar-refractivity contribution in [3.8, 4) is 0 Å². The van der Waals surface area contributed by atoms with Gasteiger partial charge < -0.3 is 5.73 Å². The summed E-state index contributed by atoms with van der Waals surface area (Å²) >= 11 is 5.16. The first-order valence-electron chi connectivity index (χ1n) is 5.61. The van der Waals surface area contributed by atoms with E-state index in [-0.39, 0.29) is 16.6 Å². The summed E-state index contributed by atoms with van der Waals surface area (Å²) in [4.78, 5) is 0. The van der Waals surface area contributed by atoms with E-state index in [0.29, 0.717) is 12.0 Å². The lowest BCUT2D eigenvalue weighted by molar-refractivity contribution is 0.596. The van der Waals surface area contributed by atoms with Crippen LogP contribution in [-0.2, 0) is 6.42 Å². The first kappa shape index (κ1) is 15.0. The highest BCUT2D eigenvalue weighted by Crippen LogP contribution is 2.24. The van der Waals surface area contributed by atoms with Crippen LogP contribution in [0.15, 0.2) is 22.7 Å². The molecule has 0 aliphatic carbocycles. The van der Waals surface area contributed by atoms with Crippen molar-refractivity contribution >= 4 is 27.7 Å². The smallest absolute Gasteiger partial charge is 0.126 e. The van der Waals surface area contributed by atoms with Crippen LogP contribution >= 0.6 is 27.7 Å². The third-order valence-corrected chi connectivity index (χ3v) is 4.17. The number of hydrogen-bond donors (Lipinski definition) is 1. The van der Waals surface area contributed by atoms with Crippen LogP contribution in [0.2, 0.25) is 0 Å². The molecule has 1 rings (SSSR count). The Morgan fingerprint density at radius 3 is 2.65 bits per heavy atom. The zero-order valence-electron chi connectivity index (χ0n) is 10.5. The van der Waals surface area contributed by atoms with Gasteiger partial charge in [0.1, 0.15) is 5.82 Å². The minimum atomic E-state index is -0.176. The molecule has 0 heterocycles. The molecule has 0 saturated heterocycles. The Morgan fingerprint density at radius 1 is 1.41 bits per heavy atom. The average molecular weight is 320 g/mol. The van der Waals surface area contributed by atoms with Crippen LogP contribution in [0.1, 0.15) is 26.3 Å². The van der Waals surface area contributed by atoms with Gasteiger partial charge in [-0.25, -0.2) is 4.39 Å². The van der Waals surface area contributed by atoms with Gasteiger partial charge in [0.2, 0.25) is 0 Å². The minimum Gasteiger partial charge on any atom is -0.327 e. The maximum Gasteiger partial charge on any atom is 0.126 e. The van der Waals surface area contributed by atoms with Crippen LogP contribution in [0.4, 0.5) is 4.39 Å². The summed E-state index contributed by atoms with van der Waals surface area (Å²) in [6.07, 6.45) is 0.578. The standard InChI is InChI=1S/C13H19BrFNS/c1-13(2,3)17-8-11(16)7-9-6-10(14)4-5-12(9)15/h4-6,11H,7-8,16H2,1-3H3. The maximum absolute atomic E-state index is 13.5. The fraction of sp³-hybridized carbons (Fsp3) is 0.538. The van der Waals surface area contributed by atoms with E-state index in [4.69, 9.17) is 5.73 Å². The summed E-state index contributed by atoms with van der Waals surface area (Å²) in [5.41, 5.74) is 6.71. The zero-order valence-corrected chi connectivity index (χ0v) is 12.9. The molecule has 1 aromatic rings. The molecule has 0 saturated carbocycles. The van der Waals surface area contributed by atoms with Crippen LogP contribution in [0.25, 0.3) is 0 Å². The molecule has 0 spiro atoms. The predicted octanol–water partition coefficient (Wildman–Crippen LogP) is 3.99. The summed E-state index contributed by atoms with van der Waals surface area (Å²) in [5, 5.41) is 0. The highest BCUT2D eigenvalue weighted by atomic mass is 79.9. The molecule has 1 aromatic carbocycles. The summed E-state index contributed by atoms with van der Waals surface area (Å²) in [5.74, 6) is 0.666. The summed E-state index contributed by atoms with van der Waals surface area (Å²) in [6, 6.07) is 4.97. The molecule has 1 atom stereocenters. The van der Waals surface area contributed by atoms with E-state index >= 15 is 0 Å². The van der Waals surface area contributed by atoms with E-state index in [1.807, 2.05) is 11.8 Å². The van der Waals surface area contributed by atoms with Gasteiger partial charge >= 0.3 is 0 Å². The Morgan fingerprint density at radius 2 is 2.06 bits per heavy atom. The molecule has 0 amide bonds. The van der Waals surface area contributed by atoms with Crippen LogP contribution in [0, 0.1) is 5.82 Å². The topological polar surface area (TPSA) is 26.0 Å². The normalized spacial score (nSPS) is 13.8. The number of hydrogen-bond acceptors (Lipinski definition) is 2. The number of halogens is 2. The molecule has 17 heavy (non-hydrogen) atoms. The fourth-order valence-electron chi connectivity index (χ4n) is 1.40. The number of benzene rings is 1. The lowest BCUT2D eigenvalue weighted by Crippen LogP contribution is -2.28. The van der Waals surface area contributed by atoms with Crippen LogP contribution in [0.5, 0.6) is 0 Å². The van der Waals surface area contributed by atoms with Crippen molar-refractivity contribution in [3.63, 3.8) is 0 Å². The van der Waals surface area contributed by atoms with Crippen LogP contribution in [-0.4, -0.2) is 16.5 Å². The monoisotopic (exact) mass is 319 g/mol. The molecular formula is C13H19BrFNS. The molecule has 0 aliphatic rings. The van der Waals surface area contributed by atoms with Gasteiger partial charge in [0.25, 0.3) is 0 Å². The van der Waals surface area contributed by atoms with Crippen molar-refractivity contribution in [2.75, 3.05) is 5.75 Å². The Bertz CT molecular complexity index is 376. The Hall–Kier alpha value is -0.0600. The van der Waals surface area contributed by atoms with E-state index in [1.54, 1.807) is 12.1 Å².